The molecule has 8 heteroatoms. The van der Waals surface area contributed by atoms with Gasteiger partial charge in [-0.2, -0.15) is 0 Å². The number of rotatable bonds is 0. The van der Waals surface area contributed by atoms with Gasteiger partial charge in [0.1, 0.15) is 0 Å². The van der Waals surface area contributed by atoms with E-state index in [9.17, 15) is 3.89 Å². The van der Waals surface area contributed by atoms with E-state index in [1.54, 1.807) is 0 Å². The first-order valence-corrected chi connectivity index (χ1v) is 11.1. The summed E-state index contributed by atoms with van der Waals surface area (Å²) in [5, 5.41) is 0. The second-order valence-electron chi connectivity index (χ2n) is 0.680. The van der Waals surface area contributed by atoms with Crippen LogP contribution in [0.2, 0.25) is 0 Å². The molecular weight excluding hydrogens is 237 g/mol. The molecule has 0 saturated carbocycles. The van der Waals surface area contributed by atoms with Gasteiger partial charge in [-0.05, 0) is 0 Å². The van der Waals surface area contributed by atoms with Crippen molar-refractivity contribution < 1.29 is 3.89 Å². The van der Waals surface area contributed by atoms with Crippen molar-refractivity contribution in [1.29, 1.82) is 0 Å². The van der Waals surface area contributed by atoms with Crippen LogP contribution in [0, 0.1) is 0 Å². The first-order chi connectivity index (χ1) is 3.72. The molecule has 0 heterocycles. The Balaban J connectivity index is 4.05. The van der Waals surface area contributed by atoms with Gasteiger partial charge < -0.3 is 0 Å². The molecule has 0 aromatic heterocycles. The molecule has 0 amide bonds. The Hall–Kier alpha value is 2.60. The minimum absolute atomic E-state index is 0.283. The molecule has 0 N–H and O–H groups in total. The van der Waals surface area contributed by atoms with Crippen LogP contribution < -0.4 is 0 Å². The zero-order valence-corrected chi connectivity index (χ0v) is 9.65. The summed E-state index contributed by atoms with van der Waals surface area (Å²) < 4.78 is 11.6. The molecule has 0 bridgehead atoms. The topological polar surface area (TPSA) is 0 Å². The summed E-state index contributed by atoms with van der Waals surface area (Å²) in [5.74, 6) is -0.855. The van der Waals surface area contributed by atoms with Crippen molar-refractivity contribution in [2.45, 2.75) is 0 Å². The average molecular weight is 237 g/mol. The van der Waals surface area contributed by atoms with E-state index in [0.717, 1.165) is 7.37 Å². The summed E-state index contributed by atoms with van der Waals surface area (Å²) in [4.78, 5) is 0. The Labute approximate surface area is 60.6 Å². The first-order valence-electron chi connectivity index (χ1n) is 1.34. The van der Waals surface area contributed by atoms with Gasteiger partial charge in [-0.25, -0.2) is 0 Å². The van der Waals surface area contributed by atoms with E-state index in [4.69, 9.17) is 0 Å². The van der Waals surface area contributed by atoms with Crippen molar-refractivity contribution in [3.63, 3.8) is 0 Å². The second kappa shape index (κ2) is 6.32. The van der Waals surface area contributed by atoms with Gasteiger partial charge in [0.2, 0.25) is 0 Å². The molecule has 2 atom stereocenters. The minimum atomic E-state index is -0.855. The maximum atomic E-state index is 11.6. The molecule has 42 valence electrons. The van der Waals surface area contributed by atoms with E-state index in [0.29, 0.717) is 0 Å². The summed E-state index contributed by atoms with van der Waals surface area (Å²) in [6.07, 6.45) is -0.592. The third kappa shape index (κ3) is 4.42. The Kier molecular flexibility index (Phi) is 8.37. The van der Waals surface area contributed by atoms with Gasteiger partial charge in [0.25, 0.3) is 0 Å². The quantitative estimate of drug-likeness (QED) is 0.449. The summed E-state index contributed by atoms with van der Waals surface area (Å²) in [6, 6.07) is 0. The molecule has 0 aliphatic heterocycles. The first kappa shape index (κ1) is 10.6. The van der Waals surface area contributed by atoms with E-state index in [1.807, 2.05) is 0 Å². The van der Waals surface area contributed by atoms with Crippen molar-refractivity contribution in [2.24, 2.45) is 0 Å². The van der Waals surface area contributed by atoms with Gasteiger partial charge in [0, 0.05) is 0 Å². The van der Waals surface area contributed by atoms with Crippen molar-refractivity contribution in [2.75, 3.05) is 0 Å². The third-order valence-corrected chi connectivity index (χ3v) is 20.5. The molecule has 0 nitrogen and oxygen atoms in total. The van der Waals surface area contributed by atoms with E-state index < -0.39 is 12.3 Å². The van der Waals surface area contributed by atoms with Crippen molar-refractivity contribution in [3.8, 4) is 0 Å². The van der Waals surface area contributed by atoms with Gasteiger partial charge in [0.15, 0.2) is 0 Å². The zero-order valence-electron chi connectivity index (χ0n) is 3.47. The van der Waals surface area contributed by atoms with Crippen molar-refractivity contribution in [1.82, 2.24) is 0 Å². The molecule has 0 aliphatic rings. The fourth-order valence-corrected chi connectivity index (χ4v) is 10.6. The summed E-state index contributed by atoms with van der Waals surface area (Å²) in [5.41, 5.74) is 0. The fraction of sp³-hybridized carbons (Fsp3) is 0. The summed E-state index contributed by atoms with van der Waals surface area (Å²) in [7, 11) is 12.8. The molecule has 0 aliphatic carbocycles. The summed E-state index contributed by atoms with van der Waals surface area (Å²) >= 11 is 0.283. The molecule has 0 radical (unpaired) electrons. The predicted molar refractivity (Wildman–Crippen MR) is 50.2 cm³/mol. The average Bonchev–Trinajstić information content (AvgIpc) is 1.84. The van der Waals surface area contributed by atoms with E-state index >= 15 is 0 Å². The SMILES string of the molecule is FSP(#P)P(#P)[P+]#P. The van der Waals surface area contributed by atoms with Crippen molar-refractivity contribution >= 4 is 56.5 Å². The predicted octanol–water partition coefficient (Wildman–Crippen LogP) is 6.24. The van der Waals surface area contributed by atoms with Crippen LogP contribution in [0.5, 0.6) is 0 Å². The Morgan fingerprint density at radius 2 is 2.00 bits per heavy atom. The van der Waals surface area contributed by atoms with Crippen molar-refractivity contribution in [3.05, 3.63) is 0 Å². The second-order valence-corrected chi connectivity index (χ2v) is 17.1. The molecular formula is FP6S+. The molecule has 0 fully saturated rings. The third-order valence-electron chi connectivity index (χ3n) is 0.295. The zero-order chi connectivity index (χ0) is 6.57. The fourth-order valence-electron chi connectivity index (χ4n) is 0.0618. The van der Waals surface area contributed by atoms with E-state index in [1.165, 1.54) is 0 Å². The van der Waals surface area contributed by atoms with Crippen LogP contribution in [0.1, 0.15) is 0 Å². The molecule has 0 rings (SSSR count). The maximum absolute atomic E-state index is 11.6. The van der Waals surface area contributed by atoms with Crippen LogP contribution in [0.3, 0.4) is 0 Å². The Morgan fingerprint density at radius 3 is 2.12 bits per heavy atom. The van der Waals surface area contributed by atoms with E-state index in [2.05, 4.69) is 25.0 Å². The van der Waals surface area contributed by atoms with Crippen LogP contribution in [0.25, 0.3) is 0 Å². The van der Waals surface area contributed by atoms with Gasteiger partial charge in [-0.3, -0.25) is 0 Å². The molecule has 0 saturated heterocycles. The molecule has 0 aromatic carbocycles. The monoisotopic (exact) mass is 237 g/mol. The van der Waals surface area contributed by atoms with Gasteiger partial charge in [-0.1, -0.05) is 0 Å². The van der Waals surface area contributed by atoms with E-state index in [-0.39, 0.29) is 11.8 Å². The Morgan fingerprint density at radius 1 is 1.50 bits per heavy atom. The molecule has 2 unspecified atom stereocenters. The van der Waals surface area contributed by atoms with Gasteiger partial charge >= 0.3 is 60.4 Å². The van der Waals surface area contributed by atoms with Crippen LogP contribution >= 0.6 is 56.5 Å². The van der Waals surface area contributed by atoms with Crippen LogP contribution in [0.4, 0.5) is 3.89 Å². The standard InChI is InChI=1S/FP6S/c1-8-7(4)6(3)5-2/q+1. The molecule has 0 spiro atoms. The molecule has 8 heavy (non-hydrogen) atoms. The molecule has 0 aromatic rings. The number of hydrogen-bond donors (Lipinski definition) is 0. The summed E-state index contributed by atoms with van der Waals surface area (Å²) in [6.45, 7) is 0. The normalized spacial score (nSPS) is 12.2. The Bertz CT molecular complexity index is 227. The van der Waals surface area contributed by atoms with Crippen LogP contribution in [-0.4, -0.2) is 0 Å². The van der Waals surface area contributed by atoms with Crippen LogP contribution in [-0.2, 0) is 0 Å². The number of halogens is 1. The number of hydrogen-bond acceptors (Lipinski definition) is 1. The van der Waals surface area contributed by atoms with Crippen LogP contribution in [0.15, 0.2) is 0 Å². The van der Waals surface area contributed by atoms with Gasteiger partial charge in [-0.15, -0.1) is 0 Å². The van der Waals surface area contributed by atoms with Gasteiger partial charge in [0.05, 0.1) is 0 Å².